The first kappa shape index (κ1) is 13.6. The Bertz CT molecular complexity index is 369. The number of piperazine rings is 1. The maximum Gasteiger partial charge on any atom is 0.0320 e. The van der Waals surface area contributed by atoms with E-state index < -0.39 is 0 Å². The van der Waals surface area contributed by atoms with Crippen molar-refractivity contribution in [2.75, 3.05) is 26.2 Å². The zero-order valence-electron chi connectivity index (χ0n) is 12.2. The average molecular weight is 246 g/mol. The molecular weight excluding hydrogens is 220 g/mol. The van der Waals surface area contributed by atoms with Crippen LogP contribution in [-0.4, -0.2) is 31.1 Å². The Morgan fingerprint density at radius 2 is 1.61 bits per heavy atom. The van der Waals surface area contributed by atoms with E-state index in [0.717, 1.165) is 26.2 Å². The molecule has 0 radical (unpaired) electrons. The fourth-order valence-corrected chi connectivity index (χ4v) is 2.54. The number of nitrogens with one attached hydrogen (secondary N) is 1. The fraction of sp³-hybridized carbons (Fsp3) is 0.625. The molecule has 2 heteroatoms. The minimum atomic E-state index is 0.247. The van der Waals surface area contributed by atoms with Crippen LogP contribution in [0, 0.1) is 0 Å². The maximum absolute atomic E-state index is 3.41. The van der Waals surface area contributed by atoms with Gasteiger partial charge in [-0.3, -0.25) is 4.90 Å². The zero-order valence-corrected chi connectivity index (χ0v) is 12.2. The van der Waals surface area contributed by atoms with Gasteiger partial charge in [-0.05, 0) is 23.5 Å². The highest BCUT2D eigenvalue weighted by atomic mass is 15.2. The first-order valence-corrected chi connectivity index (χ1v) is 7.04. The maximum atomic E-state index is 3.41. The number of hydrogen-bond acceptors (Lipinski definition) is 2. The second-order valence-corrected chi connectivity index (χ2v) is 6.33. The van der Waals surface area contributed by atoms with Crippen LogP contribution >= 0.6 is 0 Å². The van der Waals surface area contributed by atoms with Crippen LogP contribution in [0.15, 0.2) is 24.3 Å². The summed E-state index contributed by atoms with van der Waals surface area (Å²) in [5, 5.41) is 3.41. The molecule has 1 aliphatic rings. The molecule has 1 aromatic rings. The molecule has 1 heterocycles. The molecule has 0 unspecified atom stereocenters. The first-order valence-electron chi connectivity index (χ1n) is 7.04. The van der Waals surface area contributed by atoms with Crippen LogP contribution in [0.5, 0.6) is 0 Å². The Hall–Kier alpha value is -0.860. The molecule has 0 amide bonds. The van der Waals surface area contributed by atoms with E-state index in [4.69, 9.17) is 0 Å². The van der Waals surface area contributed by atoms with Crippen LogP contribution < -0.4 is 5.32 Å². The van der Waals surface area contributed by atoms with Gasteiger partial charge < -0.3 is 5.32 Å². The van der Waals surface area contributed by atoms with E-state index in [-0.39, 0.29) is 5.41 Å². The van der Waals surface area contributed by atoms with Crippen molar-refractivity contribution in [3.8, 4) is 0 Å². The standard InChI is InChI=1S/C16H26N2/c1-13(18-11-9-17-10-12-18)14-5-7-15(8-6-14)16(2,3)4/h5-8,13,17H,9-12H2,1-4H3/t13-/m1/s1. The summed E-state index contributed by atoms with van der Waals surface area (Å²) in [7, 11) is 0. The van der Waals surface area contributed by atoms with Crippen molar-refractivity contribution in [2.24, 2.45) is 0 Å². The molecule has 0 saturated carbocycles. The number of hydrogen-bond donors (Lipinski definition) is 1. The molecular formula is C16H26N2. The van der Waals surface area contributed by atoms with E-state index in [1.165, 1.54) is 11.1 Å². The van der Waals surface area contributed by atoms with Gasteiger partial charge in [0.25, 0.3) is 0 Å². The van der Waals surface area contributed by atoms with Gasteiger partial charge in [-0.15, -0.1) is 0 Å². The fourth-order valence-electron chi connectivity index (χ4n) is 2.54. The molecule has 1 fully saturated rings. The van der Waals surface area contributed by atoms with E-state index in [1.807, 2.05) is 0 Å². The summed E-state index contributed by atoms with van der Waals surface area (Å²) in [5.41, 5.74) is 3.10. The lowest BCUT2D eigenvalue weighted by Crippen LogP contribution is -2.44. The molecule has 2 nitrogen and oxygen atoms in total. The summed E-state index contributed by atoms with van der Waals surface area (Å²) in [4.78, 5) is 2.56. The van der Waals surface area contributed by atoms with E-state index in [9.17, 15) is 0 Å². The Morgan fingerprint density at radius 3 is 2.11 bits per heavy atom. The van der Waals surface area contributed by atoms with E-state index in [2.05, 4.69) is 62.2 Å². The summed E-state index contributed by atoms with van der Waals surface area (Å²) < 4.78 is 0. The minimum absolute atomic E-state index is 0.247. The third kappa shape index (κ3) is 3.12. The molecule has 1 saturated heterocycles. The lowest BCUT2D eigenvalue weighted by Gasteiger charge is -2.33. The van der Waals surface area contributed by atoms with Gasteiger partial charge in [0.2, 0.25) is 0 Å². The third-order valence-electron chi connectivity index (χ3n) is 3.96. The highest BCUT2D eigenvalue weighted by Gasteiger charge is 2.19. The first-order chi connectivity index (χ1) is 8.48. The topological polar surface area (TPSA) is 15.3 Å². The molecule has 1 aromatic carbocycles. The summed E-state index contributed by atoms with van der Waals surface area (Å²) >= 11 is 0. The smallest absolute Gasteiger partial charge is 0.0320 e. The van der Waals surface area contributed by atoms with Crippen molar-refractivity contribution in [3.05, 3.63) is 35.4 Å². The molecule has 1 aliphatic heterocycles. The minimum Gasteiger partial charge on any atom is -0.314 e. The second kappa shape index (κ2) is 5.41. The lowest BCUT2D eigenvalue weighted by molar-refractivity contribution is 0.185. The Kier molecular flexibility index (Phi) is 4.08. The Labute approximate surface area is 111 Å². The Balaban J connectivity index is 2.09. The third-order valence-corrected chi connectivity index (χ3v) is 3.96. The van der Waals surface area contributed by atoms with Crippen molar-refractivity contribution in [3.63, 3.8) is 0 Å². The van der Waals surface area contributed by atoms with Crippen LogP contribution in [0.25, 0.3) is 0 Å². The van der Waals surface area contributed by atoms with Crippen LogP contribution in [0.2, 0.25) is 0 Å². The molecule has 0 aromatic heterocycles. The van der Waals surface area contributed by atoms with Crippen LogP contribution in [0.4, 0.5) is 0 Å². The number of rotatable bonds is 2. The highest BCUT2D eigenvalue weighted by molar-refractivity contribution is 5.29. The molecule has 1 N–H and O–H groups in total. The molecule has 0 aliphatic carbocycles. The van der Waals surface area contributed by atoms with E-state index in [1.54, 1.807) is 0 Å². The van der Waals surface area contributed by atoms with Gasteiger partial charge in [0.1, 0.15) is 0 Å². The highest BCUT2D eigenvalue weighted by Crippen LogP contribution is 2.26. The van der Waals surface area contributed by atoms with Crippen molar-refractivity contribution in [2.45, 2.75) is 39.2 Å². The van der Waals surface area contributed by atoms with Crippen LogP contribution in [0.1, 0.15) is 44.9 Å². The molecule has 2 rings (SSSR count). The van der Waals surface area contributed by atoms with Crippen LogP contribution in [-0.2, 0) is 5.41 Å². The van der Waals surface area contributed by atoms with Crippen molar-refractivity contribution >= 4 is 0 Å². The van der Waals surface area contributed by atoms with Crippen molar-refractivity contribution in [1.82, 2.24) is 10.2 Å². The molecule has 100 valence electrons. The quantitative estimate of drug-likeness (QED) is 0.863. The normalized spacial score (nSPS) is 19.8. The summed E-state index contributed by atoms with van der Waals surface area (Å²) in [6, 6.07) is 9.70. The van der Waals surface area contributed by atoms with E-state index >= 15 is 0 Å². The summed E-state index contributed by atoms with van der Waals surface area (Å²) in [5.74, 6) is 0. The van der Waals surface area contributed by atoms with E-state index in [0.29, 0.717) is 6.04 Å². The number of benzene rings is 1. The summed E-state index contributed by atoms with van der Waals surface area (Å²) in [6.07, 6.45) is 0. The van der Waals surface area contributed by atoms with Gasteiger partial charge in [0.05, 0.1) is 0 Å². The molecule has 1 atom stereocenters. The Morgan fingerprint density at radius 1 is 1.06 bits per heavy atom. The molecule has 18 heavy (non-hydrogen) atoms. The average Bonchev–Trinajstić information content (AvgIpc) is 2.38. The SMILES string of the molecule is C[C@H](c1ccc(C(C)(C)C)cc1)N1CCNCC1. The number of nitrogens with zero attached hydrogens (tertiary/aromatic N) is 1. The zero-order chi connectivity index (χ0) is 13.2. The second-order valence-electron chi connectivity index (χ2n) is 6.33. The van der Waals surface area contributed by atoms with Gasteiger partial charge in [0, 0.05) is 32.2 Å². The van der Waals surface area contributed by atoms with Crippen molar-refractivity contribution in [1.29, 1.82) is 0 Å². The summed E-state index contributed by atoms with van der Waals surface area (Å²) in [6.45, 7) is 13.7. The van der Waals surface area contributed by atoms with Gasteiger partial charge >= 0.3 is 0 Å². The van der Waals surface area contributed by atoms with Gasteiger partial charge in [-0.25, -0.2) is 0 Å². The van der Waals surface area contributed by atoms with Crippen molar-refractivity contribution < 1.29 is 0 Å². The molecule has 0 bridgehead atoms. The predicted octanol–water partition coefficient (Wildman–Crippen LogP) is 2.95. The van der Waals surface area contributed by atoms with Gasteiger partial charge in [-0.2, -0.15) is 0 Å². The largest absolute Gasteiger partial charge is 0.314 e. The lowest BCUT2D eigenvalue weighted by atomic mass is 9.86. The van der Waals surface area contributed by atoms with Gasteiger partial charge in [-0.1, -0.05) is 45.0 Å². The van der Waals surface area contributed by atoms with Gasteiger partial charge in [0.15, 0.2) is 0 Å². The van der Waals surface area contributed by atoms with Crippen LogP contribution in [0.3, 0.4) is 0 Å². The predicted molar refractivity (Wildman–Crippen MR) is 78.0 cm³/mol. The molecule has 0 spiro atoms. The monoisotopic (exact) mass is 246 g/mol.